The third kappa shape index (κ3) is 3.58. The molecule has 0 heterocycles. The molecule has 0 amide bonds. The molecule has 5 heteroatoms. The van der Waals surface area contributed by atoms with E-state index in [4.69, 9.17) is 0 Å². The second-order valence-corrected chi connectivity index (χ2v) is 6.07. The quantitative estimate of drug-likeness (QED) is 0.815. The van der Waals surface area contributed by atoms with Crippen molar-refractivity contribution in [3.05, 3.63) is 71.1 Å². The highest BCUT2D eigenvalue weighted by atomic mass is 32.2. The molecule has 2 aromatic carbocycles. The van der Waals surface area contributed by atoms with Gasteiger partial charge in [0.1, 0.15) is 0 Å². The summed E-state index contributed by atoms with van der Waals surface area (Å²) in [5.41, 5.74) is 0.809. The summed E-state index contributed by atoms with van der Waals surface area (Å²) in [5, 5.41) is 1.09. The molecule has 0 unspecified atom stereocenters. The van der Waals surface area contributed by atoms with Crippen LogP contribution < -0.4 is 0 Å². The van der Waals surface area contributed by atoms with Crippen LogP contribution in [0.4, 0.5) is 0 Å². The molecular weight excluding hydrogens is 288 g/mol. The zero-order valence-electron chi connectivity index (χ0n) is 11.4. The molecule has 2 aromatic rings. The molecule has 0 aliphatic carbocycles. The number of hydrogen-bond acceptors (Lipinski definition) is 4. The van der Waals surface area contributed by atoms with Gasteiger partial charge < -0.3 is 4.74 Å². The van der Waals surface area contributed by atoms with E-state index in [9.17, 15) is 13.2 Å². The van der Waals surface area contributed by atoms with Crippen molar-refractivity contribution in [3.63, 3.8) is 0 Å². The van der Waals surface area contributed by atoms with Crippen LogP contribution in [-0.4, -0.2) is 21.5 Å². The molecule has 0 aliphatic heterocycles. The molecule has 2 rings (SSSR count). The number of rotatable bonds is 4. The Labute approximate surface area is 123 Å². The van der Waals surface area contributed by atoms with Crippen molar-refractivity contribution < 1.29 is 17.9 Å². The smallest absolute Gasteiger partial charge is 0.338 e. The largest absolute Gasteiger partial charge is 0.465 e. The fourth-order valence-electron chi connectivity index (χ4n) is 1.79. The highest BCUT2D eigenvalue weighted by Gasteiger charge is 2.12. The Morgan fingerprint density at radius 2 is 1.62 bits per heavy atom. The van der Waals surface area contributed by atoms with Gasteiger partial charge >= 0.3 is 5.97 Å². The van der Waals surface area contributed by atoms with Crippen molar-refractivity contribution in [1.29, 1.82) is 0 Å². The van der Waals surface area contributed by atoms with E-state index in [1.165, 1.54) is 25.3 Å². The third-order valence-corrected chi connectivity index (χ3v) is 4.29. The maximum atomic E-state index is 12.2. The zero-order chi connectivity index (χ0) is 15.3. The number of ether oxygens (including phenoxy) is 1. The van der Waals surface area contributed by atoms with E-state index >= 15 is 0 Å². The molecule has 0 saturated heterocycles. The Bertz CT molecular complexity index is 762. The van der Waals surface area contributed by atoms with Crippen LogP contribution in [0, 0.1) is 0 Å². The first-order valence-corrected chi connectivity index (χ1v) is 7.75. The van der Waals surface area contributed by atoms with Gasteiger partial charge in [-0.15, -0.1) is 0 Å². The Balaban J connectivity index is 2.37. The van der Waals surface area contributed by atoms with E-state index in [2.05, 4.69) is 4.74 Å². The Morgan fingerprint density at radius 3 is 2.29 bits per heavy atom. The fraction of sp³-hybridized carbons (Fsp3) is 0.0625. The molecule has 0 fully saturated rings. The zero-order valence-corrected chi connectivity index (χ0v) is 12.2. The van der Waals surface area contributed by atoms with Gasteiger partial charge in [0.15, 0.2) is 9.84 Å². The number of benzene rings is 2. The first-order valence-electron chi connectivity index (χ1n) is 6.20. The SMILES string of the molecule is COC(=O)c1ccccc1/C=C/S(=O)(=O)c1ccccc1. The number of sulfone groups is 1. The molecular formula is C16H14O4S. The summed E-state index contributed by atoms with van der Waals surface area (Å²) < 4.78 is 29.0. The minimum atomic E-state index is -3.54. The molecule has 108 valence electrons. The van der Waals surface area contributed by atoms with Crippen LogP contribution in [0.2, 0.25) is 0 Å². The lowest BCUT2D eigenvalue weighted by molar-refractivity contribution is 0.0600. The second-order valence-electron chi connectivity index (χ2n) is 4.24. The highest BCUT2D eigenvalue weighted by molar-refractivity contribution is 7.94. The van der Waals surface area contributed by atoms with Gasteiger partial charge in [0.05, 0.1) is 17.6 Å². The summed E-state index contributed by atoms with van der Waals surface area (Å²) >= 11 is 0. The van der Waals surface area contributed by atoms with Crippen LogP contribution in [0.25, 0.3) is 6.08 Å². The lowest BCUT2D eigenvalue weighted by atomic mass is 10.1. The van der Waals surface area contributed by atoms with Gasteiger partial charge in [-0.1, -0.05) is 36.4 Å². The standard InChI is InChI=1S/C16H14O4S/c1-20-16(17)15-10-6-5-7-13(15)11-12-21(18,19)14-8-3-2-4-9-14/h2-12H,1H3/b12-11+. The van der Waals surface area contributed by atoms with E-state index in [-0.39, 0.29) is 4.90 Å². The van der Waals surface area contributed by atoms with Crippen LogP contribution >= 0.6 is 0 Å². The molecule has 0 atom stereocenters. The monoisotopic (exact) mass is 302 g/mol. The van der Waals surface area contributed by atoms with Crippen molar-refractivity contribution >= 4 is 21.9 Å². The van der Waals surface area contributed by atoms with Crippen molar-refractivity contribution in [3.8, 4) is 0 Å². The summed E-state index contributed by atoms with van der Waals surface area (Å²) in [6.07, 6.45) is 1.40. The number of carbonyl (C=O) groups is 1. The summed E-state index contributed by atoms with van der Waals surface area (Å²) in [7, 11) is -2.26. The molecule has 0 aliphatic rings. The van der Waals surface area contributed by atoms with Crippen molar-refractivity contribution in [2.45, 2.75) is 4.90 Å². The maximum Gasteiger partial charge on any atom is 0.338 e. The predicted octanol–water partition coefficient (Wildman–Crippen LogP) is 2.92. The fourth-order valence-corrected chi connectivity index (χ4v) is 2.81. The van der Waals surface area contributed by atoms with Gasteiger partial charge in [-0.25, -0.2) is 13.2 Å². The number of carbonyl (C=O) groups excluding carboxylic acids is 1. The number of hydrogen-bond donors (Lipinski definition) is 0. The highest BCUT2D eigenvalue weighted by Crippen LogP contribution is 2.16. The lowest BCUT2D eigenvalue weighted by Crippen LogP contribution is -2.03. The summed E-state index contributed by atoms with van der Waals surface area (Å²) in [6, 6.07) is 14.7. The van der Waals surface area contributed by atoms with E-state index in [1.54, 1.807) is 42.5 Å². The molecule has 21 heavy (non-hydrogen) atoms. The van der Waals surface area contributed by atoms with Gasteiger partial charge in [-0.3, -0.25) is 0 Å². The van der Waals surface area contributed by atoms with E-state index in [0.717, 1.165) is 5.41 Å². The van der Waals surface area contributed by atoms with Crippen LogP contribution in [0.15, 0.2) is 64.9 Å². The van der Waals surface area contributed by atoms with E-state index < -0.39 is 15.8 Å². The van der Waals surface area contributed by atoms with Crippen LogP contribution in [0.5, 0.6) is 0 Å². The van der Waals surface area contributed by atoms with Crippen LogP contribution in [0.3, 0.4) is 0 Å². The summed E-state index contributed by atoms with van der Waals surface area (Å²) in [5.74, 6) is -0.507. The van der Waals surface area contributed by atoms with Crippen molar-refractivity contribution in [2.24, 2.45) is 0 Å². The average Bonchev–Trinajstić information content (AvgIpc) is 2.53. The van der Waals surface area contributed by atoms with Gasteiger partial charge in [-0.2, -0.15) is 0 Å². The van der Waals surface area contributed by atoms with E-state index in [0.29, 0.717) is 11.1 Å². The molecule has 0 aromatic heterocycles. The van der Waals surface area contributed by atoms with Gasteiger partial charge in [0.25, 0.3) is 0 Å². The molecule has 0 spiro atoms. The number of methoxy groups -OCH3 is 1. The first-order chi connectivity index (χ1) is 10.0. The van der Waals surface area contributed by atoms with Crippen molar-refractivity contribution in [1.82, 2.24) is 0 Å². The first kappa shape index (κ1) is 15.0. The molecule has 0 bridgehead atoms. The van der Waals surface area contributed by atoms with Crippen molar-refractivity contribution in [2.75, 3.05) is 7.11 Å². The molecule has 0 saturated carbocycles. The summed E-state index contributed by atoms with van der Waals surface area (Å²) in [4.78, 5) is 11.8. The average molecular weight is 302 g/mol. The Hall–Kier alpha value is -2.40. The van der Waals surface area contributed by atoms with Gasteiger partial charge in [0.2, 0.25) is 0 Å². The maximum absolute atomic E-state index is 12.2. The minimum Gasteiger partial charge on any atom is -0.465 e. The third-order valence-electron chi connectivity index (χ3n) is 2.86. The van der Waals surface area contributed by atoms with Crippen LogP contribution in [0.1, 0.15) is 15.9 Å². The second kappa shape index (κ2) is 6.37. The van der Waals surface area contributed by atoms with Gasteiger partial charge in [-0.05, 0) is 29.8 Å². The summed E-state index contributed by atoms with van der Waals surface area (Å²) in [6.45, 7) is 0. The normalized spacial score (nSPS) is 11.5. The minimum absolute atomic E-state index is 0.205. The molecule has 0 radical (unpaired) electrons. The predicted molar refractivity (Wildman–Crippen MR) is 80.4 cm³/mol. The Morgan fingerprint density at radius 1 is 1.00 bits per heavy atom. The molecule has 4 nitrogen and oxygen atoms in total. The number of esters is 1. The van der Waals surface area contributed by atoms with Gasteiger partial charge in [0, 0.05) is 5.41 Å². The topological polar surface area (TPSA) is 60.4 Å². The Kier molecular flexibility index (Phi) is 4.55. The lowest BCUT2D eigenvalue weighted by Gasteiger charge is -2.03. The molecule has 0 N–H and O–H groups in total. The van der Waals surface area contributed by atoms with E-state index in [1.807, 2.05) is 0 Å². The van der Waals surface area contributed by atoms with Crippen LogP contribution in [-0.2, 0) is 14.6 Å².